The van der Waals surface area contributed by atoms with E-state index in [1.54, 1.807) is 0 Å². The molecule has 0 saturated carbocycles. The molecule has 4 heteroatoms. The third-order valence-corrected chi connectivity index (χ3v) is 2.42. The van der Waals surface area contributed by atoms with E-state index in [9.17, 15) is 0 Å². The highest BCUT2D eigenvalue weighted by Gasteiger charge is 2.06. The highest BCUT2D eigenvalue weighted by molar-refractivity contribution is 5.55. The van der Waals surface area contributed by atoms with Gasteiger partial charge in [0.25, 0.3) is 0 Å². The van der Waals surface area contributed by atoms with Crippen molar-refractivity contribution in [3.8, 4) is 23.1 Å². The Hall–Kier alpha value is -2.10. The second-order valence-corrected chi connectivity index (χ2v) is 5.06. The van der Waals surface area contributed by atoms with Gasteiger partial charge in [-0.1, -0.05) is 12.1 Å². The lowest BCUT2D eigenvalue weighted by atomic mass is 10.2. The molecule has 0 N–H and O–H groups in total. The topological polar surface area (TPSA) is 44.2 Å². The summed E-state index contributed by atoms with van der Waals surface area (Å²) < 4.78 is 11.2. The van der Waals surface area contributed by atoms with Crippen LogP contribution in [0.4, 0.5) is 0 Å². The summed E-state index contributed by atoms with van der Waals surface area (Å²) in [4.78, 5) is 8.93. The maximum absolute atomic E-state index is 5.60. The number of hydrogen-bond donors (Lipinski definition) is 0. The largest absolute Gasteiger partial charge is 0.475 e. The van der Waals surface area contributed by atoms with Crippen molar-refractivity contribution in [1.29, 1.82) is 0 Å². The van der Waals surface area contributed by atoms with Gasteiger partial charge in [0, 0.05) is 12.1 Å². The van der Waals surface area contributed by atoms with E-state index in [1.165, 1.54) is 0 Å². The summed E-state index contributed by atoms with van der Waals surface area (Å²) in [7, 11) is 0. The summed E-state index contributed by atoms with van der Waals surface area (Å²) >= 11 is 0. The first kappa shape index (κ1) is 14.3. The number of pyridine rings is 2. The molecule has 0 bridgehead atoms. The Morgan fingerprint density at radius 3 is 1.45 bits per heavy atom. The van der Waals surface area contributed by atoms with Crippen molar-refractivity contribution < 1.29 is 9.47 Å². The van der Waals surface area contributed by atoms with Gasteiger partial charge in [-0.3, -0.25) is 0 Å². The average Bonchev–Trinajstić information content (AvgIpc) is 2.38. The van der Waals surface area contributed by atoms with Crippen molar-refractivity contribution in [2.75, 3.05) is 0 Å². The third-order valence-electron chi connectivity index (χ3n) is 2.42. The van der Waals surface area contributed by atoms with Crippen LogP contribution >= 0.6 is 0 Å². The molecule has 0 fully saturated rings. The Morgan fingerprint density at radius 2 is 1.10 bits per heavy atom. The second kappa shape index (κ2) is 6.37. The lowest BCUT2D eigenvalue weighted by Crippen LogP contribution is -2.08. The molecule has 0 atom stereocenters. The zero-order chi connectivity index (χ0) is 14.5. The van der Waals surface area contributed by atoms with Crippen LogP contribution in [-0.2, 0) is 0 Å². The fraction of sp³-hybridized carbons (Fsp3) is 0.375. The van der Waals surface area contributed by atoms with Crippen LogP contribution in [0.25, 0.3) is 11.4 Å². The van der Waals surface area contributed by atoms with Crippen LogP contribution in [0.15, 0.2) is 36.4 Å². The predicted molar refractivity (Wildman–Crippen MR) is 79.0 cm³/mol. The SMILES string of the molecule is CC(C)Oc1cccc(-c2cccc(OC(C)C)n2)n1. The Bertz CT molecular complexity index is 516. The van der Waals surface area contributed by atoms with Crippen molar-refractivity contribution in [2.45, 2.75) is 39.9 Å². The molecule has 0 radical (unpaired) electrons. The van der Waals surface area contributed by atoms with Gasteiger partial charge in [-0.15, -0.1) is 0 Å². The van der Waals surface area contributed by atoms with Crippen LogP contribution in [0.5, 0.6) is 11.8 Å². The molecule has 2 aromatic heterocycles. The number of rotatable bonds is 5. The molecule has 0 spiro atoms. The van der Waals surface area contributed by atoms with E-state index < -0.39 is 0 Å². The first-order valence-electron chi connectivity index (χ1n) is 6.82. The molecule has 0 aromatic carbocycles. The van der Waals surface area contributed by atoms with Crippen LogP contribution in [0, 0.1) is 0 Å². The Balaban J connectivity index is 2.26. The van der Waals surface area contributed by atoms with Crippen LogP contribution in [0.3, 0.4) is 0 Å². The van der Waals surface area contributed by atoms with Gasteiger partial charge >= 0.3 is 0 Å². The predicted octanol–water partition coefficient (Wildman–Crippen LogP) is 3.72. The summed E-state index contributed by atoms with van der Waals surface area (Å²) in [5, 5.41) is 0. The molecule has 106 valence electrons. The van der Waals surface area contributed by atoms with Crippen LogP contribution in [0.1, 0.15) is 27.7 Å². The average molecular weight is 272 g/mol. The normalized spacial score (nSPS) is 10.9. The molecule has 0 saturated heterocycles. The van der Waals surface area contributed by atoms with Crippen molar-refractivity contribution in [3.63, 3.8) is 0 Å². The van der Waals surface area contributed by atoms with Crippen LogP contribution in [-0.4, -0.2) is 22.2 Å². The highest BCUT2D eigenvalue weighted by atomic mass is 16.5. The minimum absolute atomic E-state index is 0.0984. The molecule has 0 aliphatic carbocycles. The van der Waals surface area contributed by atoms with Gasteiger partial charge in [-0.05, 0) is 39.8 Å². The fourth-order valence-corrected chi connectivity index (χ4v) is 1.73. The molecule has 20 heavy (non-hydrogen) atoms. The van der Waals surface area contributed by atoms with E-state index in [0.29, 0.717) is 11.8 Å². The molecule has 2 aromatic rings. The van der Waals surface area contributed by atoms with E-state index in [2.05, 4.69) is 9.97 Å². The summed E-state index contributed by atoms with van der Waals surface area (Å²) in [5.41, 5.74) is 1.55. The van der Waals surface area contributed by atoms with Crippen LogP contribution in [0.2, 0.25) is 0 Å². The van der Waals surface area contributed by atoms with Crippen molar-refractivity contribution in [3.05, 3.63) is 36.4 Å². The maximum Gasteiger partial charge on any atom is 0.214 e. The number of hydrogen-bond acceptors (Lipinski definition) is 4. The van der Waals surface area contributed by atoms with Gasteiger partial charge in [0.15, 0.2) is 0 Å². The standard InChI is InChI=1S/C16H20N2O2/c1-11(2)19-15-9-5-7-13(17-15)14-8-6-10-16(18-14)20-12(3)4/h5-12H,1-4H3. The van der Waals surface area contributed by atoms with E-state index in [0.717, 1.165) is 11.4 Å². The molecular weight excluding hydrogens is 252 g/mol. The van der Waals surface area contributed by atoms with E-state index in [1.807, 2.05) is 64.1 Å². The number of aromatic nitrogens is 2. The fourth-order valence-electron chi connectivity index (χ4n) is 1.73. The van der Waals surface area contributed by atoms with E-state index in [4.69, 9.17) is 9.47 Å². The minimum atomic E-state index is 0.0984. The van der Waals surface area contributed by atoms with Crippen molar-refractivity contribution >= 4 is 0 Å². The third kappa shape index (κ3) is 3.95. The maximum atomic E-state index is 5.60. The molecular formula is C16H20N2O2. The first-order valence-corrected chi connectivity index (χ1v) is 6.82. The van der Waals surface area contributed by atoms with Gasteiger partial charge in [0.2, 0.25) is 11.8 Å². The molecule has 0 aliphatic rings. The van der Waals surface area contributed by atoms with Gasteiger partial charge in [-0.25, -0.2) is 9.97 Å². The second-order valence-electron chi connectivity index (χ2n) is 5.06. The molecule has 0 unspecified atom stereocenters. The quantitative estimate of drug-likeness (QED) is 0.832. The Kier molecular flexibility index (Phi) is 4.56. The number of ether oxygens (including phenoxy) is 2. The zero-order valence-corrected chi connectivity index (χ0v) is 12.3. The summed E-state index contributed by atoms with van der Waals surface area (Å²) in [5.74, 6) is 1.21. The summed E-state index contributed by atoms with van der Waals surface area (Å²) in [6, 6.07) is 11.3. The van der Waals surface area contributed by atoms with E-state index >= 15 is 0 Å². The van der Waals surface area contributed by atoms with Gasteiger partial charge in [-0.2, -0.15) is 0 Å². The molecule has 2 rings (SSSR count). The highest BCUT2D eigenvalue weighted by Crippen LogP contribution is 2.21. The minimum Gasteiger partial charge on any atom is -0.475 e. The lowest BCUT2D eigenvalue weighted by molar-refractivity contribution is 0.231. The van der Waals surface area contributed by atoms with Gasteiger partial charge in [0.1, 0.15) is 0 Å². The molecule has 2 heterocycles. The summed E-state index contributed by atoms with van der Waals surface area (Å²) in [6.07, 6.45) is 0.197. The van der Waals surface area contributed by atoms with Gasteiger partial charge in [0.05, 0.1) is 23.6 Å². The zero-order valence-electron chi connectivity index (χ0n) is 12.3. The smallest absolute Gasteiger partial charge is 0.214 e. The number of nitrogens with zero attached hydrogens (tertiary/aromatic N) is 2. The van der Waals surface area contributed by atoms with Gasteiger partial charge < -0.3 is 9.47 Å². The van der Waals surface area contributed by atoms with Crippen LogP contribution < -0.4 is 9.47 Å². The molecule has 0 amide bonds. The van der Waals surface area contributed by atoms with E-state index in [-0.39, 0.29) is 12.2 Å². The monoisotopic (exact) mass is 272 g/mol. The Morgan fingerprint density at radius 1 is 0.700 bits per heavy atom. The summed E-state index contributed by atoms with van der Waals surface area (Å²) in [6.45, 7) is 7.90. The molecule has 0 aliphatic heterocycles. The van der Waals surface area contributed by atoms with Crippen molar-refractivity contribution in [2.24, 2.45) is 0 Å². The molecule has 4 nitrogen and oxygen atoms in total. The van der Waals surface area contributed by atoms with Crippen molar-refractivity contribution in [1.82, 2.24) is 9.97 Å². The first-order chi connectivity index (χ1) is 9.54. The lowest BCUT2D eigenvalue weighted by Gasteiger charge is -2.11. The Labute approximate surface area is 119 Å².